The van der Waals surface area contributed by atoms with Crippen molar-refractivity contribution in [2.45, 2.75) is 13.8 Å². The Morgan fingerprint density at radius 1 is 1.06 bits per heavy atom. The SMILES string of the molecule is COc1cc(/C=C(\C#N)C(=O)Nc2ccccc2)cc(I)c1OCC(=O)Nc1cccc(C)c1C. The van der Waals surface area contributed by atoms with Crippen LogP contribution in [0, 0.1) is 28.7 Å². The van der Waals surface area contributed by atoms with Crippen molar-refractivity contribution in [3.8, 4) is 17.6 Å². The Bertz CT molecular complexity index is 1310. The summed E-state index contributed by atoms with van der Waals surface area (Å²) in [5, 5.41) is 15.1. The molecule has 0 bridgehead atoms. The third kappa shape index (κ3) is 6.83. The van der Waals surface area contributed by atoms with E-state index in [9.17, 15) is 14.9 Å². The van der Waals surface area contributed by atoms with Crippen molar-refractivity contribution in [1.29, 1.82) is 5.26 Å². The maximum absolute atomic E-state index is 12.5. The maximum Gasteiger partial charge on any atom is 0.266 e. The number of aryl methyl sites for hydroxylation is 1. The number of carbonyl (C=O) groups excluding carboxylic acids is 2. The fourth-order valence-corrected chi connectivity index (χ4v) is 3.99. The highest BCUT2D eigenvalue weighted by Crippen LogP contribution is 2.34. The number of ether oxygens (including phenoxy) is 2. The minimum absolute atomic E-state index is 0.0618. The van der Waals surface area contributed by atoms with Crippen LogP contribution in [-0.4, -0.2) is 25.5 Å². The zero-order chi connectivity index (χ0) is 25.4. The lowest BCUT2D eigenvalue weighted by molar-refractivity contribution is -0.118. The van der Waals surface area contributed by atoms with Gasteiger partial charge in [0.1, 0.15) is 11.6 Å². The monoisotopic (exact) mass is 581 g/mol. The molecule has 0 aromatic heterocycles. The molecule has 35 heavy (non-hydrogen) atoms. The molecule has 0 aliphatic rings. The van der Waals surface area contributed by atoms with Crippen LogP contribution in [0.15, 0.2) is 66.2 Å². The van der Waals surface area contributed by atoms with Gasteiger partial charge in [-0.15, -0.1) is 0 Å². The summed E-state index contributed by atoms with van der Waals surface area (Å²) in [4.78, 5) is 25.0. The fourth-order valence-electron chi connectivity index (χ4n) is 3.21. The summed E-state index contributed by atoms with van der Waals surface area (Å²) < 4.78 is 11.9. The molecule has 0 unspecified atom stereocenters. The summed E-state index contributed by atoms with van der Waals surface area (Å²) in [7, 11) is 1.48. The predicted octanol–water partition coefficient (Wildman–Crippen LogP) is 5.48. The maximum atomic E-state index is 12.5. The number of carbonyl (C=O) groups is 2. The molecular formula is C27H24IN3O4. The molecule has 8 heteroatoms. The molecule has 0 fully saturated rings. The molecule has 0 spiro atoms. The van der Waals surface area contributed by atoms with Crippen LogP contribution >= 0.6 is 22.6 Å². The highest BCUT2D eigenvalue weighted by molar-refractivity contribution is 14.1. The van der Waals surface area contributed by atoms with E-state index in [4.69, 9.17) is 9.47 Å². The minimum Gasteiger partial charge on any atom is -0.493 e. The van der Waals surface area contributed by atoms with Crippen molar-refractivity contribution in [2.24, 2.45) is 0 Å². The van der Waals surface area contributed by atoms with E-state index >= 15 is 0 Å². The molecule has 0 aliphatic heterocycles. The normalized spacial score (nSPS) is 10.8. The molecule has 2 amide bonds. The summed E-state index contributed by atoms with van der Waals surface area (Å²) in [5.74, 6) is -0.0435. The van der Waals surface area contributed by atoms with Crippen LogP contribution in [0.3, 0.4) is 0 Å². The second-order valence-corrected chi connectivity index (χ2v) is 8.77. The third-order valence-corrected chi connectivity index (χ3v) is 5.99. The zero-order valence-corrected chi connectivity index (χ0v) is 21.7. The Balaban J connectivity index is 1.74. The van der Waals surface area contributed by atoms with E-state index in [0.717, 1.165) is 16.8 Å². The molecule has 178 valence electrons. The summed E-state index contributed by atoms with van der Waals surface area (Å²) >= 11 is 2.06. The number of halogens is 1. The Hall–Kier alpha value is -3.84. The average molecular weight is 581 g/mol. The molecule has 2 N–H and O–H groups in total. The van der Waals surface area contributed by atoms with E-state index < -0.39 is 5.91 Å². The van der Waals surface area contributed by atoms with Crippen molar-refractivity contribution in [1.82, 2.24) is 0 Å². The number of amides is 2. The predicted molar refractivity (Wildman–Crippen MR) is 144 cm³/mol. The van der Waals surface area contributed by atoms with Crippen LogP contribution < -0.4 is 20.1 Å². The molecule has 0 saturated carbocycles. The molecule has 3 aromatic rings. The molecule has 3 aromatic carbocycles. The van der Waals surface area contributed by atoms with E-state index in [1.807, 2.05) is 44.2 Å². The molecule has 7 nitrogen and oxygen atoms in total. The molecular weight excluding hydrogens is 557 g/mol. The van der Waals surface area contributed by atoms with Gasteiger partial charge in [-0.3, -0.25) is 9.59 Å². The highest BCUT2D eigenvalue weighted by Gasteiger charge is 2.16. The van der Waals surface area contributed by atoms with Gasteiger partial charge in [0.15, 0.2) is 18.1 Å². The van der Waals surface area contributed by atoms with Crippen molar-refractivity contribution < 1.29 is 19.1 Å². The van der Waals surface area contributed by atoms with Gasteiger partial charge in [-0.05, 0) is 89.5 Å². The number of methoxy groups -OCH3 is 1. The Labute approximate surface area is 217 Å². The van der Waals surface area contributed by atoms with Crippen LogP contribution in [0.4, 0.5) is 11.4 Å². The lowest BCUT2D eigenvalue weighted by Crippen LogP contribution is -2.21. The second-order valence-electron chi connectivity index (χ2n) is 7.61. The van der Waals surface area contributed by atoms with E-state index in [0.29, 0.717) is 26.3 Å². The average Bonchev–Trinajstić information content (AvgIpc) is 2.84. The molecule has 0 atom stereocenters. The van der Waals surface area contributed by atoms with Gasteiger partial charge in [0.2, 0.25) is 0 Å². The first kappa shape index (κ1) is 25.8. The quantitative estimate of drug-likeness (QED) is 0.209. The third-order valence-electron chi connectivity index (χ3n) is 5.19. The number of nitrogens with zero attached hydrogens (tertiary/aromatic N) is 1. The molecule has 0 saturated heterocycles. The minimum atomic E-state index is -0.517. The van der Waals surface area contributed by atoms with E-state index in [-0.39, 0.29) is 18.1 Å². The number of rotatable bonds is 8. The van der Waals surface area contributed by atoms with Gasteiger partial charge in [-0.25, -0.2) is 0 Å². The van der Waals surface area contributed by atoms with Gasteiger partial charge in [0, 0.05) is 11.4 Å². The number of anilines is 2. The Kier molecular flexibility index (Phi) is 8.86. The molecule has 0 aliphatic carbocycles. The summed E-state index contributed by atoms with van der Waals surface area (Å²) in [6.07, 6.45) is 1.47. The number of benzene rings is 3. The van der Waals surface area contributed by atoms with Gasteiger partial charge >= 0.3 is 0 Å². The summed E-state index contributed by atoms with van der Waals surface area (Å²) in [5.41, 5.74) is 3.92. The number of nitrogens with one attached hydrogen (secondary N) is 2. The smallest absolute Gasteiger partial charge is 0.266 e. The zero-order valence-electron chi connectivity index (χ0n) is 19.5. The van der Waals surface area contributed by atoms with Gasteiger partial charge in [-0.1, -0.05) is 30.3 Å². The van der Waals surface area contributed by atoms with E-state index in [1.165, 1.54) is 13.2 Å². The van der Waals surface area contributed by atoms with Crippen LogP contribution in [-0.2, 0) is 9.59 Å². The Morgan fingerprint density at radius 3 is 2.49 bits per heavy atom. The largest absolute Gasteiger partial charge is 0.493 e. The number of para-hydroxylation sites is 1. The van der Waals surface area contributed by atoms with E-state index in [2.05, 4.69) is 33.2 Å². The summed E-state index contributed by atoms with van der Waals surface area (Å²) in [6.45, 7) is 3.71. The van der Waals surface area contributed by atoms with Gasteiger partial charge < -0.3 is 20.1 Å². The van der Waals surface area contributed by atoms with Gasteiger partial charge in [0.25, 0.3) is 11.8 Å². The van der Waals surface area contributed by atoms with Gasteiger partial charge in [-0.2, -0.15) is 5.26 Å². The van der Waals surface area contributed by atoms with Crippen molar-refractivity contribution in [2.75, 3.05) is 24.4 Å². The first-order valence-electron chi connectivity index (χ1n) is 10.7. The second kappa shape index (κ2) is 12.0. The van der Waals surface area contributed by atoms with Crippen molar-refractivity contribution in [3.63, 3.8) is 0 Å². The topological polar surface area (TPSA) is 100 Å². The molecule has 0 heterocycles. The van der Waals surface area contributed by atoms with Gasteiger partial charge in [0.05, 0.1) is 10.7 Å². The van der Waals surface area contributed by atoms with E-state index in [1.54, 1.807) is 36.4 Å². The Morgan fingerprint density at radius 2 is 1.80 bits per heavy atom. The van der Waals surface area contributed by atoms with Crippen molar-refractivity contribution in [3.05, 3.63) is 86.5 Å². The van der Waals surface area contributed by atoms with Crippen LogP contribution in [0.1, 0.15) is 16.7 Å². The number of hydrogen-bond acceptors (Lipinski definition) is 5. The summed E-state index contributed by atoms with van der Waals surface area (Å²) in [6, 6.07) is 19.9. The lowest BCUT2D eigenvalue weighted by Gasteiger charge is -2.15. The fraction of sp³-hybridized carbons (Fsp3) is 0.148. The molecule has 3 rings (SSSR count). The lowest BCUT2D eigenvalue weighted by atomic mass is 10.1. The first-order valence-corrected chi connectivity index (χ1v) is 11.7. The van der Waals surface area contributed by atoms with Crippen LogP contribution in [0.5, 0.6) is 11.5 Å². The standard InChI is InChI=1S/C27H24IN3O4/c1-17-8-7-11-23(18(17)2)31-25(32)16-35-26-22(28)13-19(14-24(26)34-3)12-20(15-29)27(33)30-21-9-5-4-6-10-21/h4-14H,16H2,1-3H3,(H,30,33)(H,31,32)/b20-12+. The highest BCUT2D eigenvalue weighted by atomic mass is 127. The van der Waals surface area contributed by atoms with Crippen LogP contribution in [0.25, 0.3) is 6.08 Å². The van der Waals surface area contributed by atoms with Crippen molar-refractivity contribution >= 4 is 51.9 Å². The number of hydrogen-bond donors (Lipinski definition) is 2. The first-order chi connectivity index (χ1) is 16.8. The molecule has 0 radical (unpaired) electrons. The van der Waals surface area contributed by atoms with Crippen LogP contribution in [0.2, 0.25) is 0 Å². The number of nitriles is 1.